The molecule has 0 amide bonds. The van der Waals surface area contributed by atoms with Gasteiger partial charge in [-0.3, -0.25) is 4.18 Å². The smallest absolute Gasteiger partial charge is 0.264 e. The molecule has 0 saturated heterocycles. The van der Waals surface area contributed by atoms with Crippen molar-refractivity contribution in [2.45, 2.75) is 26.6 Å². The summed E-state index contributed by atoms with van der Waals surface area (Å²) in [6.07, 6.45) is 4.14. The Morgan fingerprint density at radius 1 is 0.745 bits per heavy atom. The lowest BCUT2D eigenvalue weighted by Crippen LogP contribution is -2.25. The summed E-state index contributed by atoms with van der Waals surface area (Å²) in [4.78, 5) is 25.2. The van der Waals surface area contributed by atoms with Crippen LogP contribution in [0.5, 0.6) is 17.4 Å². The van der Waals surface area contributed by atoms with Crippen LogP contribution in [0.25, 0.3) is 11.4 Å². The molecule has 0 aliphatic carbocycles. The van der Waals surface area contributed by atoms with Crippen LogP contribution in [-0.4, -0.2) is 60.9 Å². The van der Waals surface area contributed by atoms with Crippen molar-refractivity contribution in [3.8, 4) is 28.8 Å². The number of anilines is 3. The van der Waals surface area contributed by atoms with E-state index in [4.69, 9.17) is 28.4 Å². The van der Waals surface area contributed by atoms with Crippen LogP contribution in [0.4, 0.5) is 17.5 Å². The molecule has 0 fully saturated rings. The first-order valence-electron chi connectivity index (χ1n) is 14.5. The molecule has 0 atom stereocenters. The molecule has 244 valence electrons. The van der Waals surface area contributed by atoms with Crippen molar-refractivity contribution in [3.63, 3.8) is 0 Å². The Balaban J connectivity index is 1.56. The van der Waals surface area contributed by atoms with Crippen LogP contribution in [0, 0.1) is 6.92 Å². The predicted molar refractivity (Wildman–Crippen MR) is 177 cm³/mol. The van der Waals surface area contributed by atoms with Crippen molar-refractivity contribution in [2.75, 3.05) is 37.8 Å². The van der Waals surface area contributed by atoms with Crippen molar-refractivity contribution in [1.29, 1.82) is 0 Å². The molecule has 0 spiro atoms. The fraction of sp³-hybridized carbons (Fsp3) is 0.242. The second-order valence-corrected chi connectivity index (χ2v) is 12.1. The quantitative estimate of drug-likeness (QED) is 0.158. The molecule has 5 rings (SSSR count). The SMILES string of the molecule is COc1ccc(CN(Cc2ccc(OC)cc2)c2nc(C)nc(-c3cc(COS(C)(=O)=O)cnc3Nc3ccc(OC)nc3)n2)cc1. The number of benzene rings is 2. The maximum absolute atomic E-state index is 11.7. The Bertz CT molecular complexity index is 1860. The summed E-state index contributed by atoms with van der Waals surface area (Å²) in [5, 5.41) is 3.27. The van der Waals surface area contributed by atoms with Gasteiger partial charge in [0.2, 0.25) is 11.8 Å². The first-order valence-corrected chi connectivity index (χ1v) is 16.3. The molecule has 0 bridgehead atoms. The minimum Gasteiger partial charge on any atom is -0.497 e. The summed E-state index contributed by atoms with van der Waals surface area (Å²) in [6, 6.07) is 20.9. The maximum atomic E-state index is 11.7. The molecule has 3 aromatic heterocycles. The third-order valence-corrected chi connectivity index (χ3v) is 7.46. The number of hydrogen-bond acceptors (Lipinski definition) is 13. The van der Waals surface area contributed by atoms with Gasteiger partial charge in [-0.25, -0.2) is 15.0 Å². The molecule has 5 aromatic rings. The Hall–Kier alpha value is -5.34. The Labute approximate surface area is 273 Å². The minimum absolute atomic E-state index is 0.207. The van der Waals surface area contributed by atoms with Crippen LogP contribution in [0.15, 0.2) is 79.1 Å². The summed E-state index contributed by atoms with van der Waals surface area (Å²) < 4.78 is 44.4. The molecule has 0 saturated carbocycles. The molecular formula is C33H35N7O6S. The molecule has 47 heavy (non-hydrogen) atoms. The monoisotopic (exact) mass is 657 g/mol. The zero-order valence-electron chi connectivity index (χ0n) is 26.7. The minimum atomic E-state index is -3.69. The number of methoxy groups -OCH3 is 3. The van der Waals surface area contributed by atoms with Gasteiger partial charge < -0.3 is 24.4 Å². The number of pyridine rings is 2. The van der Waals surface area contributed by atoms with Crippen LogP contribution in [0.2, 0.25) is 0 Å². The number of rotatable bonds is 14. The van der Waals surface area contributed by atoms with Crippen LogP contribution >= 0.6 is 0 Å². The summed E-state index contributed by atoms with van der Waals surface area (Å²) >= 11 is 0. The van der Waals surface area contributed by atoms with Gasteiger partial charge in [0.1, 0.15) is 23.1 Å². The van der Waals surface area contributed by atoms with Gasteiger partial charge >= 0.3 is 0 Å². The second-order valence-electron chi connectivity index (χ2n) is 10.5. The van der Waals surface area contributed by atoms with E-state index in [0.717, 1.165) is 28.9 Å². The average molecular weight is 658 g/mol. The first-order chi connectivity index (χ1) is 22.6. The molecule has 2 aromatic carbocycles. The highest BCUT2D eigenvalue weighted by atomic mass is 32.2. The summed E-state index contributed by atoms with van der Waals surface area (Å²) in [7, 11) is 1.12. The summed E-state index contributed by atoms with van der Waals surface area (Å²) in [5.41, 5.74) is 3.71. The van der Waals surface area contributed by atoms with E-state index < -0.39 is 10.1 Å². The lowest BCUT2D eigenvalue weighted by atomic mass is 10.1. The lowest BCUT2D eigenvalue weighted by molar-refractivity contribution is 0.311. The topological polar surface area (TPSA) is 151 Å². The molecule has 14 heteroatoms. The zero-order chi connectivity index (χ0) is 33.4. The van der Waals surface area contributed by atoms with Gasteiger partial charge in [-0.05, 0) is 60.0 Å². The van der Waals surface area contributed by atoms with Gasteiger partial charge in [0.25, 0.3) is 10.1 Å². The van der Waals surface area contributed by atoms with E-state index in [2.05, 4.69) is 20.3 Å². The predicted octanol–water partition coefficient (Wildman–Crippen LogP) is 5.09. The highest BCUT2D eigenvalue weighted by Crippen LogP contribution is 2.30. The Morgan fingerprint density at radius 3 is 1.91 bits per heavy atom. The van der Waals surface area contributed by atoms with E-state index in [9.17, 15) is 8.42 Å². The molecule has 13 nitrogen and oxygen atoms in total. The number of nitrogens with one attached hydrogen (secondary N) is 1. The second kappa shape index (κ2) is 14.8. The van der Waals surface area contributed by atoms with Crippen LogP contribution in [-0.2, 0) is 34.0 Å². The molecular weight excluding hydrogens is 622 g/mol. The number of ether oxygens (including phenoxy) is 3. The van der Waals surface area contributed by atoms with Gasteiger partial charge in [0.15, 0.2) is 5.82 Å². The van der Waals surface area contributed by atoms with E-state index in [1.807, 2.05) is 53.4 Å². The first kappa shape index (κ1) is 33.0. The number of aryl methyl sites for hydroxylation is 1. The van der Waals surface area contributed by atoms with E-state index in [-0.39, 0.29) is 6.61 Å². The third kappa shape index (κ3) is 9.11. The number of hydrogen-bond donors (Lipinski definition) is 1. The van der Waals surface area contributed by atoms with Gasteiger partial charge in [-0.15, -0.1) is 0 Å². The van der Waals surface area contributed by atoms with E-state index in [1.54, 1.807) is 52.6 Å². The van der Waals surface area contributed by atoms with Crippen LogP contribution in [0.3, 0.4) is 0 Å². The standard InChI is InChI=1S/C33H35N7O6S/c1-22-36-32(29-16-25(21-46-47(5,41)42)17-35-31(29)38-26-10-15-30(45-4)34-18-26)39-33(37-22)40(19-23-6-11-27(43-2)12-7-23)20-24-8-13-28(44-3)14-9-24/h6-18H,19-21H2,1-5H3,(H,35,38). The molecule has 0 unspecified atom stereocenters. The molecule has 1 N–H and O–H groups in total. The average Bonchev–Trinajstić information content (AvgIpc) is 3.08. The van der Waals surface area contributed by atoms with Gasteiger partial charge in [-0.1, -0.05) is 24.3 Å². The third-order valence-electron chi connectivity index (χ3n) is 6.92. The van der Waals surface area contributed by atoms with Gasteiger partial charge in [0.05, 0.1) is 51.6 Å². The summed E-state index contributed by atoms with van der Waals surface area (Å²) in [6.45, 7) is 2.56. The van der Waals surface area contributed by atoms with Gasteiger partial charge in [0, 0.05) is 25.4 Å². The Kier molecular flexibility index (Phi) is 10.4. The van der Waals surface area contributed by atoms with Crippen molar-refractivity contribution in [2.24, 2.45) is 0 Å². The lowest BCUT2D eigenvalue weighted by Gasteiger charge is -2.24. The summed E-state index contributed by atoms with van der Waals surface area (Å²) in [5.74, 6) is 3.65. The van der Waals surface area contributed by atoms with Gasteiger partial charge in [-0.2, -0.15) is 18.4 Å². The number of nitrogens with zero attached hydrogens (tertiary/aromatic N) is 6. The van der Waals surface area contributed by atoms with E-state index in [0.29, 0.717) is 59.2 Å². The van der Waals surface area contributed by atoms with Crippen molar-refractivity contribution >= 4 is 27.6 Å². The normalized spacial score (nSPS) is 11.2. The Morgan fingerprint density at radius 2 is 1.38 bits per heavy atom. The highest BCUT2D eigenvalue weighted by Gasteiger charge is 2.19. The van der Waals surface area contributed by atoms with Crippen molar-refractivity contribution in [3.05, 3.63) is 102 Å². The molecule has 0 aliphatic heterocycles. The van der Waals surface area contributed by atoms with Crippen LogP contribution < -0.4 is 24.4 Å². The molecule has 0 radical (unpaired) electrons. The largest absolute Gasteiger partial charge is 0.497 e. The highest BCUT2D eigenvalue weighted by molar-refractivity contribution is 7.85. The molecule has 0 aliphatic rings. The van der Waals surface area contributed by atoms with Crippen molar-refractivity contribution in [1.82, 2.24) is 24.9 Å². The number of aromatic nitrogens is 5. The molecule has 3 heterocycles. The fourth-order valence-electron chi connectivity index (χ4n) is 4.57. The van der Waals surface area contributed by atoms with Crippen molar-refractivity contribution < 1.29 is 26.8 Å². The van der Waals surface area contributed by atoms with E-state index >= 15 is 0 Å². The van der Waals surface area contributed by atoms with E-state index in [1.165, 1.54) is 6.20 Å². The van der Waals surface area contributed by atoms with Crippen LogP contribution in [0.1, 0.15) is 22.5 Å². The fourth-order valence-corrected chi connectivity index (χ4v) is 4.92. The zero-order valence-corrected chi connectivity index (χ0v) is 27.5. The maximum Gasteiger partial charge on any atom is 0.264 e.